The normalized spacial score (nSPS) is 14.3. The van der Waals surface area contributed by atoms with Crippen molar-refractivity contribution in [1.82, 2.24) is 5.32 Å². The van der Waals surface area contributed by atoms with Crippen molar-refractivity contribution in [1.29, 1.82) is 0 Å². The van der Waals surface area contributed by atoms with Gasteiger partial charge in [0.2, 0.25) is 5.91 Å². The van der Waals surface area contributed by atoms with E-state index >= 15 is 0 Å². The largest absolute Gasteiger partial charge is 0.488 e. The van der Waals surface area contributed by atoms with Gasteiger partial charge < -0.3 is 10.1 Å². The molecule has 0 fully saturated rings. The first-order chi connectivity index (χ1) is 8.41. The van der Waals surface area contributed by atoms with Crippen molar-refractivity contribution < 1.29 is 9.53 Å². The van der Waals surface area contributed by atoms with E-state index in [1.165, 1.54) is 5.56 Å². The third kappa shape index (κ3) is 2.40. The fourth-order valence-corrected chi connectivity index (χ4v) is 1.94. The number of carbonyl (C=O) groups is 1. The molecule has 18 heavy (non-hydrogen) atoms. The lowest BCUT2D eigenvalue weighted by molar-refractivity contribution is -0.117. The van der Waals surface area contributed by atoms with Crippen molar-refractivity contribution in [2.75, 3.05) is 13.7 Å². The molecule has 0 spiro atoms. The number of amides is 1. The Morgan fingerprint density at radius 3 is 2.67 bits per heavy atom. The second-order valence-electron chi connectivity index (χ2n) is 5.54. The van der Waals surface area contributed by atoms with Gasteiger partial charge in [0, 0.05) is 12.6 Å². The van der Waals surface area contributed by atoms with Crippen molar-refractivity contribution in [2.45, 2.75) is 26.2 Å². The molecule has 1 amide bonds. The van der Waals surface area contributed by atoms with E-state index in [1.54, 1.807) is 7.05 Å². The second-order valence-corrected chi connectivity index (χ2v) is 5.54. The van der Waals surface area contributed by atoms with Gasteiger partial charge in [-0.3, -0.25) is 4.79 Å². The van der Waals surface area contributed by atoms with E-state index in [-0.39, 0.29) is 11.3 Å². The summed E-state index contributed by atoms with van der Waals surface area (Å²) in [6.07, 6.45) is 1.91. The zero-order chi connectivity index (χ0) is 13.3. The third-order valence-electron chi connectivity index (χ3n) is 3.11. The minimum absolute atomic E-state index is 0.0817. The maximum absolute atomic E-state index is 11.6. The molecule has 0 saturated heterocycles. The second kappa shape index (κ2) is 4.48. The van der Waals surface area contributed by atoms with Gasteiger partial charge in [-0.1, -0.05) is 26.8 Å². The molecule has 0 unspecified atom stereocenters. The summed E-state index contributed by atoms with van der Waals surface area (Å²) in [4.78, 5) is 11.6. The van der Waals surface area contributed by atoms with E-state index in [9.17, 15) is 4.79 Å². The number of benzene rings is 1. The fourth-order valence-electron chi connectivity index (χ4n) is 1.94. The van der Waals surface area contributed by atoms with Crippen molar-refractivity contribution >= 4 is 12.0 Å². The zero-order valence-corrected chi connectivity index (χ0v) is 11.3. The van der Waals surface area contributed by atoms with Crippen LogP contribution in [0.5, 0.6) is 5.75 Å². The van der Waals surface area contributed by atoms with Crippen LogP contribution < -0.4 is 10.1 Å². The van der Waals surface area contributed by atoms with Crippen molar-refractivity contribution in [3.8, 4) is 5.75 Å². The average Bonchev–Trinajstić information content (AvgIpc) is 2.35. The molecule has 0 aliphatic carbocycles. The van der Waals surface area contributed by atoms with Gasteiger partial charge in [0.1, 0.15) is 12.4 Å². The summed E-state index contributed by atoms with van der Waals surface area (Å²) in [5, 5.41) is 2.62. The Bertz CT molecular complexity index is 510. The molecule has 0 saturated carbocycles. The molecule has 0 bridgehead atoms. The topological polar surface area (TPSA) is 38.3 Å². The number of likely N-dealkylation sites (N-methyl/N-ethyl adjacent to an activating group) is 1. The molecule has 96 valence electrons. The first kappa shape index (κ1) is 12.7. The molecule has 1 aliphatic rings. The molecule has 1 aromatic rings. The van der Waals surface area contributed by atoms with Crippen LogP contribution in [-0.2, 0) is 10.2 Å². The minimum atomic E-state index is -0.0817. The van der Waals surface area contributed by atoms with Crippen LogP contribution in [0.25, 0.3) is 6.08 Å². The van der Waals surface area contributed by atoms with Gasteiger partial charge in [-0.25, -0.2) is 0 Å². The Hall–Kier alpha value is -1.77. The lowest BCUT2D eigenvalue weighted by Gasteiger charge is -2.23. The highest BCUT2D eigenvalue weighted by atomic mass is 16.5. The van der Waals surface area contributed by atoms with Gasteiger partial charge in [0.05, 0.1) is 5.57 Å². The lowest BCUT2D eigenvalue weighted by Crippen LogP contribution is -2.25. The minimum Gasteiger partial charge on any atom is -0.488 e. The zero-order valence-electron chi connectivity index (χ0n) is 11.3. The molecule has 0 aromatic heterocycles. The summed E-state index contributed by atoms with van der Waals surface area (Å²) in [5.41, 5.74) is 2.97. The maximum atomic E-state index is 11.6. The van der Waals surface area contributed by atoms with Crippen molar-refractivity contribution in [2.24, 2.45) is 0 Å². The van der Waals surface area contributed by atoms with Crippen molar-refractivity contribution in [3.05, 3.63) is 34.9 Å². The lowest BCUT2D eigenvalue weighted by atomic mass is 9.85. The summed E-state index contributed by atoms with van der Waals surface area (Å²) < 4.78 is 5.60. The summed E-state index contributed by atoms with van der Waals surface area (Å²) in [6.45, 7) is 6.84. The molecule has 0 radical (unpaired) electrons. The van der Waals surface area contributed by atoms with Gasteiger partial charge in [-0.2, -0.15) is 0 Å². The quantitative estimate of drug-likeness (QED) is 0.825. The van der Waals surface area contributed by atoms with Crippen LogP contribution in [0, 0.1) is 0 Å². The van der Waals surface area contributed by atoms with Crippen LogP contribution in [0.1, 0.15) is 31.9 Å². The molecule has 1 aromatic carbocycles. The van der Waals surface area contributed by atoms with E-state index in [4.69, 9.17) is 4.74 Å². The van der Waals surface area contributed by atoms with Crippen LogP contribution in [0.3, 0.4) is 0 Å². The van der Waals surface area contributed by atoms with E-state index in [1.807, 2.05) is 12.1 Å². The molecular weight excluding hydrogens is 226 g/mol. The predicted molar refractivity (Wildman–Crippen MR) is 72.7 cm³/mol. The molecule has 0 atom stereocenters. The van der Waals surface area contributed by atoms with Crippen LogP contribution in [0.2, 0.25) is 0 Å². The Morgan fingerprint density at radius 2 is 2.06 bits per heavy atom. The number of hydrogen-bond acceptors (Lipinski definition) is 2. The number of carbonyl (C=O) groups excluding carboxylic acids is 1. The molecule has 1 N–H and O–H groups in total. The molecule has 1 heterocycles. The first-order valence-corrected chi connectivity index (χ1v) is 6.12. The van der Waals surface area contributed by atoms with Crippen LogP contribution in [0.15, 0.2) is 23.8 Å². The Labute approximate surface area is 108 Å². The van der Waals surface area contributed by atoms with Crippen LogP contribution in [0.4, 0.5) is 0 Å². The van der Waals surface area contributed by atoms with E-state index < -0.39 is 0 Å². The molecular formula is C15H19NO2. The SMILES string of the molecule is CNC(=O)C1=Cc2cc(C(C)(C)C)ccc2OC1. The van der Waals surface area contributed by atoms with E-state index in [2.05, 4.69) is 38.2 Å². The smallest absolute Gasteiger partial charge is 0.250 e. The number of nitrogens with one attached hydrogen (secondary N) is 1. The summed E-state index contributed by atoms with van der Waals surface area (Å²) >= 11 is 0. The maximum Gasteiger partial charge on any atom is 0.250 e. The number of hydrogen-bond donors (Lipinski definition) is 1. The van der Waals surface area contributed by atoms with Crippen LogP contribution >= 0.6 is 0 Å². The number of ether oxygens (including phenoxy) is 1. The Balaban J connectivity index is 2.42. The average molecular weight is 245 g/mol. The van der Waals surface area contributed by atoms with Crippen molar-refractivity contribution in [3.63, 3.8) is 0 Å². The standard InChI is InChI=1S/C15H19NO2/c1-15(2,3)12-5-6-13-10(8-12)7-11(9-18-13)14(17)16-4/h5-8H,9H2,1-4H3,(H,16,17). The monoisotopic (exact) mass is 245 g/mol. The van der Waals surface area contributed by atoms with Gasteiger partial charge in [-0.05, 0) is 29.2 Å². The predicted octanol–water partition coefficient (Wildman–Crippen LogP) is 2.51. The summed E-state index contributed by atoms with van der Waals surface area (Å²) in [7, 11) is 1.63. The number of fused-ring (bicyclic) bond motifs is 1. The Morgan fingerprint density at radius 1 is 1.33 bits per heavy atom. The highest BCUT2D eigenvalue weighted by Gasteiger charge is 2.19. The molecule has 3 heteroatoms. The number of rotatable bonds is 1. The van der Waals surface area contributed by atoms with Gasteiger partial charge in [-0.15, -0.1) is 0 Å². The fraction of sp³-hybridized carbons (Fsp3) is 0.400. The highest BCUT2D eigenvalue weighted by Crippen LogP contribution is 2.31. The first-order valence-electron chi connectivity index (χ1n) is 6.12. The molecule has 1 aliphatic heterocycles. The molecule has 2 rings (SSSR count). The van der Waals surface area contributed by atoms with Gasteiger partial charge in [0.15, 0.2) is 0 Å². The summed E-state index contributed by atoms with van der Waals surface area (Å²) in [5.74, 6) is 0.762. The van der Waals surface area contributed by atoms with E-state index in [0.717, 1.165) is 11.3 Å². The van der Waals surface area contributed by atoms with E-state index in [0.29, 0.717) is 12.2 Å². The Kier molecular flexibility index (Phi) is 3.16. The molecule has 3 nitrogen and oxygen atoms in total. The van der Waals surface area contributed by atoms with Gasteiger partial charge >= 0.3 is 0 Å². The highest BCUT2D eigenvalue weighted by molar-refractivity contribution is 5.98. The summed E-state index contributed by atoms with van der Waals surface area (Å²) in [6, 6.07) is 6.15. The van der Waals surface area contributed by atoms with Gasteiger partial charge in [0.25, 0.3) is 0 Å². The van der Waals surface area contributed by atoms with Crippen LogP contribution in [-0.4, -0.2) is 19.6 Å². The third-order valence-corrected chi connectivity index (χ3v) is 3.11.